The first-order chi connectivity index (χ1) is 14.0. The van der Waals surface area contributed by atoms with Gasteiger partial charge in [-0.05, 0) is 50.6 Å². The summed E-state index contributed by atoms with van der Waals surface area (Å²) in [6.45, 7) is 6.22. The fourth-order valence-corrected chi connectivity index (χ4v) is 2.71. The summed E-state index contributed by atoms with van der Waals surface area (Å²) >= 11 is 0. The number of hydrogen-bond acceptors (Lipinski definition) is 6. The van der Waals surface area contributed by atoms with Crippen molar-refractivity contribution in [2.45, 2.75) is 20.8 Å². The molecule has 152 valence electrons. The Balaban J connectivity index is 1.60. The monoisotopic (exact) mass is 397 g/mol. The fraction of sp³-hybridized carbons (Fsp3) is 0.286. The van der Waals surface area contributed by atoms with Gasteiger partial charge in [0.2, 0.25) is 0 Å². The number of amides is 1. The second-order valence-corrected chi connectivity index (χ2v) is 6.25. The molecular weight excluding hydrogens is 374 g/mol. The molecule has 1 N–H and O–H groups in total. The highest BCUT2D eigenvalue weighted by atomic mass is 16.5. The van der Waals surface area contributed by atoms with Gasteiger partial charge in [0.15, 0.2) is 23.8 Å². The van der Waals surface area contributed by atoms with Crippen molar-refractivity contribution in [3.8, 4) is 11.5 Å². The molecule has 0 atom stereocenters. The maximum absolute atomic E-state index is 12.2. The predicted octanol–water partition coefficient (Wildman–Crippen LogP) is 3.24. The van der Waals surface area contributed by atoms with Gasteiger partial charge in [-0.1, -0.05) is 0 Å². The van der Waals surface area contributed by atoms with Crippen LogP contribution >= 0.6 is 0 Å². The second kappa shape index (κ2) is 9.09. The van der Waals surface area contributed by atoms with Crippen LogP contribution in [0.5, 0.6) is 11.5 Å². The Morgan fingerprint density at radius 3 is 2.59 bits per heavy atom. The molecule has 29 heavy (non-hydrogen) atoms. The average molecular weight is 397 g/mol. The quantitative estimate of drug-likeness (QED) is 0.587. The Labute approximate surface area is 168 Å². The van der Waals surface area contributed by atoms with E-state index in [-0.39, 0.29) is 5.69 Å². The first-order valence-electron chi connectivity index (χ1n) is 9.32. The van der Waals surface area contributed by atoms with Crippen molar-refractivity contribution in [3.63, 3.8) is 0 Å². The lowest BCUT2D eigenvalue weighted by atomic mass is 10.2. The molecule has 0 radical (unpaired) electrons. The standard InChI is InChI=1S/C21H23N3O5/c1-4-27-17-7-6-15(11-18(17)28-5-2)22-20(25)13-29-21(26)16-12-24-9-8-14(3)10-19(24)23-16/h6-12H,4-5,13H2,1-3H3,(H,22,25). The van der Waals surface area contributed by atoms with E-state index in [0.717, 1.165) is 5.56 Å². The number of esters is 1. The maximum atomic E-state index is 12.2. The van der Waals surface area contributed by atoms with Crippen molar-refractivity contribution in [3.05, 3.63) is 54.0 Å². The summed E-state index contributed by atoms with van der Waals surface area (Å²) in [5, 5.41) is 2.67. The van der Waals surface area contributed by atoms with E-state index in [9.17, 15) is 9.59 Å². The lowest BCUT2D eigenvalue weighted by molar-refractivity contribution is -0.119. The molecule has 0 bridgehead atoms. The molecule has 1 aromatic carbocycles. The number of rotatable bonds is 8. The van der Waals surface area contributed by atoms with Gasteiger partial charge in [-0.25, -0.2) is 9.78 Å². The third kappa shape index (κ3) is 5.04. The predicted molar refractivity (Wildman–Crippen MR) is 108 cm³/mol. The molecule has 0 aliphatic carbocycles. The lowest BCUT2D eigenvalue weighted by Gasteiger charge is -2.13. The molecule has 0 aliphatic heterocycles. The van der Waals surface area contributed by atoms with Crippen molar-refractivity contribution < 1.29 is 23.8 Å². The van der Waals surface area contributed by atoms with Gasteiger partial charge in [0.1, 0.15) is 5.65 Å². The van der Waals surface area contributed by atoms with Crippen molar-refractivity contribution >= 4 is 23.2 Å². The molecule has 3 rings (SSSR count). The fourth-order valence-electron chi connectivity index (χ4n) is 2.71. The Bertz CT molecular complexity index is 1030. The van der Waals surface area contributed by atoms with Crippen LogP contribution in [0, 0.1) is 6.92 Å². The van der Waals surface area contributed by atoms with Gasteiger partial charge in [0, 0.05) is 24.1 Å². The molecule has 0 aliphatic rings. The van der Waals surface area contributed by atoms with Gasteiger partial charge in [-0.2, -0.15) is 0 Å². The minimum atomic E-state index is -0.664. The number of imidazole rings is 1. The summed E-state index contributed by atoms with van der Waals surface area (Å²) < 4.78 is 17.8. The Morgan fingerprint density at radius 1 is 1.07 bits per heavy atom. The highest BCUT2D eigenvalue weighted by Crippen LogP contribution is 2.30. The Hall–Kier alpha value is -3.55. The number of pyridine rings is 1. The first kappa shape index (κ1) is 20.2. The smallest absolute Gasteiger partial charge is 0.359 e. The van der Waals surface area contributed by atoms with Crippen LogP contribution in [0.4, 0.5) is 5.69 Å². The van der Waals surface area contributed by atoms with E-state index < -0.39 is 18.5 Å². The van der Waals surface area contributed by atoms with Crippen LogP contribution in [0.15, 0.2) is 42.7 Å². The molecule has 0 unspecified atom stereocenters. The number of anilines is 1. The number of carbonyl (C=O) groups is 2. The minimum Gasteiger partial charge on any atom is -0.490 e. The van der Waals surface area contributed by atoms with E-state index in [1.165, 1.54) is 0 Å². The third-order valence-corrected chi connectivity index (χ3v) is 3.99. The zero-order valence-electron chi connectivity index (χ0n) is 16.6. The van der Waals surface area contributed by atoms with Crippen LogP contribution in [0.1, 0.15) is 29.9 Å². The summed E-state index contributed by atoms with van der Waals surface area (Å²) in [7, 11) is 0. The number of fused-ring (bicyclic) bond motifs is 1. The van der Waals surface area contributed by atoms with Crippen LogP contribution in [-0.4, -0.2) is 41.1 Å². The molecule has 8 heteroatoms. The van der Waals surface area contributed by atoms with Crippen LogP contribution in [0.2, 0.25) is 0 Å². The van der Waals surface area contributed by atoms with Crippen molar-refractivity contribution in [1.29, 1.82) is 0 Å². The normalized spacial score (nSPS) is 10.6. The zero-order valence-corrected chi connectivity index (χ0v) is 16.6. The molecule has 0 saturated heterocycles. The summed E-state index contributed by atoms with van der Waals surface area (Å²) in [4.78, 5) is 28.6. The molecule has 2 heterocycles. The SMILES string of the molecule is CCOc1ccc(NC(=O)COC(=O)c2cn3ccc(C)cc3n2)cc1OCC. The minimum absolute atomic E-state index is 0.142. The number of ether oxygens (including phenoxy) is 3. The average Bonchev–Trinajstić information content (AvgIpc) is 3.12. The second-order valence-electron chi connectivity index (χ2n) is 6.25. The number of aryl methyl sites for hydroxylation is 1. The van der Waals surface area contributed by atoms with Crippen molar-refractivity contribution in [2.24, 2.45) is 0 Å². The first-order valence-corrected chi connectivity index (χ1v) is 9.32. The zero-order chi connectivity index (χ0) is 20.8. The van der Waals surface area contributed by atoms with E-state index in [0.29, 0.717) is 36.0 Å². The van der Waals surface area contributed by atoms with Crippen LogP contribution < -0.4 is 14.8 Å². The van der Waals surface area contributed by atoms with Crippen LogP contribution in [-0.2, 0) is 9.53 Å². The Morgan fingerprint density at radius 2 is 1.83 bits per heavy atom. The van der Waals surface area contributed by atoms with Crippen LogP contribution in [0.3, 0.4) is 0 Å². The summed E-state index contributed by atoms with van der Waals surface area (Å²) in [6.07, 6.45) is 3.37. The van der Waals surface area contributed by atoms with Gasteiger partial charge in [-0.3, -0.25) is 4.79 Å². The number of nitrogens with one attached hydrogen (secondary N) is 1. The molecule has 3 aromatic rings. The van der Waals surface area contributed by atoms with Gasteiger partial charge in [0.05, 0.1) is 13.2 Å². The summed E-state index contributed by atoms with van der Waals surface area (Å²) in [5.74, 6) is -0.00207. The van der Waals surface area contributed by atoms with E-state index >= 15 is 0 Å². The van der Waals surface area contributed by atoms with E-state index in [1.807, 2.05) is 39.1 Å². The van der Waals surface area contributed by atoms with Gasteiger partial charge in [-0.15, -0.1) is 0 Å². The Kier molecular flexibility index (Phi) is 6.33. The molecule has 0 saturated carbocycles. The number of nitrogens with zero attached hydrogens (tertiary/aromatic N) is 2. The molecule has 2 aromatic heterocycles. The van der Waals surface area contributed by atoms with Crippen molar-refractivity contribution in [1.82, 2.24) is 9.38 Å². The third-order valence-electron chi connectivity index (χ3n) is 3.99. The van der Waals surface area contributed by atoms with E-state index in [1.54, 1.807) is 28.8 Å². The maximum Gasteiger partial charge on any atom is 0.359 e. The summed E-state index contributed by atoms with van der Waals surface area (Å²) in [6, 6.07) is 8.83. The van der Waals surface area contributed by atoms with Crippen LogP contribution in [0.25, 0.3) is 5.65 Å². The highest BCUT2D eigenvalue weighted by Gasteiger charge is 2.15. The van der Waals surface area contributed by atoms with Crippen molar-refractivity contribution in [2.75, 3.05) is 25.1 Å². The van der Waals surface area contributed by atoms with Gasteiger partial charge < -0.3 is 23.9 Å². The molecule has 0 fully saturated rings. The lowest BCUT2D eigenvalue weighted by Crippen LogP contribution is -2.21. The summed E-state index contributed by atoms with van der Waals surface area (Å²) in [5.41, 5.74) is 2.33. The molecule has 8 nitrogen and oxygen atoms in total. The molecule has 0 spiro atoms. The van der Waals surface area contributed by atoms with Gasteiger partial charge in [0.25, 0.3) is 5.91 Å². The largest absolute Gasteiger partial charge is 0.490 e. The topological polar surface area (TPSA) is 91.2 Å². The number of aromatic nitrogens is 2. The highest BCUT2D eigenvalue weighted by molar-refractivity contribution is 5.95. The molecular formula is C21H23N3O5. The van der Waals surface area contributed by atoms with E-state index in [2.05, 4.69) is 10.3 Å². The number of hydrogen-bond donors (Lipinski definition) is 1. The number of carbonyl (C=O) groups excluding carboxylic acids is 2. The number of benzene rings is 1. The van der Waals surface area contributed by atoms with Gasteiger partial charge >= 0.3 is 5.97 Å². The molecule has 1 amide bonds. The van der Waals surface area contributed by atoms with E-state index in [4.69, 9.17) is 14.2 Å².